The summed E-state index contributed by atoms with van der Waals surface area (Å²) in [7, 11) is -4.73. The van der Waals surface area contributed by atoms with Gasteiger partial charge in [0, 0.05) is 23.7 Å². The molecule has 0 atom stereocenters. The summed E-state index contributed by atoms with van der Waals surface area (Å²) < 4.78 is 65.7. The molecule has 0 amide bonds. The highest BCUT2D eigenvalue weighted by molar-refractivity contribution is 7.89. The van der Waals surface area contributed by atoms with Crippen molar-refractivity contribution in [3.05, 3.63) is 23.3 Å². The topological polar surface area (TPSA) is 153 Å². The summed E-state index contributed by atoms with van der Waals surface area (Å²) in [6.07, 6.45) is 2.19. The highest BCUT2D eigenvalue weighted by atomic mass is 32.2. The number of primary sulfonamides is 1. The molecule has 2 saturated carbocycles. The second kappa shape index (κ2) is 9.28. The number of nitrogens with two attached hydrogens (primary N) is 2. The maximum Gasteiger partial charge on any atom is 0.417 e. The Labute approximate surface area is 189 Å². The fourth-order valence-corrected chi connectivity index (χ4v) is 6.13. The number of sulfonamides is 1. The summed E-state index contributed by atoms with van der Waals surface area (Å²) >= 11 is 0. The Hall–Kier alpha value is -2.09. The molecule has 13 heteroatoms. The summed E-state index contributed by atoms with van der Waals surface area (Å²) in [6.45, 7) is 0. The van der Waals surface area contributed by atoms with E-state index in [4.69, 9.17) is 10.9 Å². The molecule has 182 valence electrons. The summed E-state index contributed by atoms with van der Waals surface area (Å²) in [4.78, 5) is -1.01. The van der Waals surface area contributed by atoms with E-state index < -0.39 is 26.7 Å². The van der Waals surface area contributed by atoms with Crippen molar-refractivity contribution in [2.45, 2.75) is 86.5 Å². The molecule has 2 fully saturated rings. The van der Waals surface area contributed by atoms with Crippen LogP contribution in [0.2, 0.25) is 0 Å². The monoisotopic (exact) mass is 487 g/mol. The number of nitrogens with zero attached hydrogens (tertiary/aromatic N) is 3. The first-order valence-corrected chi connectivity index (χ1v) is 12.6. The van der Waals surface area contributed by atoms with Gasteiger partial charge in [0.1, 0.15) is 4.90 Å². The average molecular weight is 488 g/mol. The van der Waals surface area contributed by atoms with Gasteiger partial charge in [-0.15, -0.1) is 10.2 Å². The van der Waals surface area contributed by atoms with E-state index in [1.165, 1.54) is 6.07 Å². The standard InChI is InChI=1S/C20H28F3N7O2S/c21-20(22,23)16-10-9-15(17(18(16)33(25,31)32)19-27-29-30-28-19)11-1-5-13(6-2-11)26-14-7-3-12(24)4-8-14/h9-14,26H,1-8,24H2,(H2,25,31,32)(H,27,28,29,30). The van der Waals surface area contributed by atoms with Crippen LogP contribution in [0.5, 0.6) is 0 Å². The highest BCUT2D eigenvalue weighted by Crippen LogP contribution is 2.44. The van der Waals surface area contributed by atoms with E-state index in [0.29, 0.717) is 30.5 Å². The van der Waals surface area contributed by atoms with Gasteiger partial charge in [-0.2, -0.15) is 18.4 Å². The quantitative estimate of drug-likeness (QED) is 0.505. The number of tetrazole rings is 1. The first kappa shape index (κ1) is 24.0. The lowest BCUT2D eigenvalue weighted by molar-refractivity contribution is -0.139. The van der Waals surface area contributed by atoms with Crippen molar-refractivity contribution in [3.63, 3.8) is 0 Å². The molecule has 2 aromatic rings. The third kappa shape index (κ3) is 5.36. The number of alkyl halides is 3. The molecule has 9 nitrogen and oxygen atoms in total. The van der Waals surface area contributed by atoms with Crippen molar-refractivity contribution < 1.29 is 21.6 Å². The Balaban J connectivity index is 1.62. The minimum Gasteiger partial charge on any atom is -0.328 e. The van der Waals surface area contributed by atoms with Crippen molar-refractivity contribution in [2.24, 2.45) is 10.9 Å². The molecule has 0 unspecified atom stereocenters. The van der Waals surface area contributed by atoms with Crippen molar-refractivity contribution in [3.8, 4) is 11.4 Å². The number of nitrogens with one attached hydrogen (secondary N) is 2. The van der Waals surface area contributed by atoms with E-state index >= 15 is 0 Å². The van der Waals surface area contributed by atoms with Gasteiger partial charge >= 0.3 is 6.18 Å². The van der Waals surface area contributed by atoms with Gasteiger partial charge < -0.3 is 11.1 Å². The first-order valence-electron chi connectivity index (χ1n) is 11.1. The van der Waals surface area contributed by atoms with E-state index in [-0.39, 0.29) is 23.3 Å². The molecule has 4 rings (SSSR count). The minimum atomic E-state index is -4.91. The molecular formula is C20H28F3N7O2S. The summed E-state index contributed by atoms with van der Waals surface area (Å²) in [6, 6.07) is 3.12. The number of hydrogen-bond acceptors (Lipinski definition) is 7. The number of aromatic nitrogens is 4. The molecule has 2 aliphatic carbocycles. The minimum absolute atomic E-state index is 0.154. The Morgan fingerprint density at radius 3 is 2.12 bits per heavy atom. The average Bonchev–Trinajstić information content (AvgIpc) is 3.28. The van der Waals surface area contributed by atoms with Crippen molar-refractivity contribution in [1.82, 2.24) is 25.9 Å². The third-order valence-corrected chi connectivity index (χ3v) is 7.75. The summed E-state index contributed by atoms with van der Waals surface area (Å²) in [5.41, 5.74) is 4.86. The fraction of sp³-hybridized carbons (Fsp3) is 0.650. The van der Waals surface area contributed by atoms with E-state index in [1.807, 2.05) is 0 Å². The maximum absolute atomic E-state index is 13.7. The summed E-state index contributed by atoms with van der Waals surface area (Å²) in [5.74, 6) is -0.377. The van der Waals surface area contributed by atoms with E-state index in [1.54, 1.807) is 0 Å². The van der Waals surface area contributed by atoms with Crippen LogP contribution in [0.3, 0.4) is 0 Å². The zero-order chi connectivity index (χ0) is 23.8. The van der Waals surface area contributed by atoms with Crippen LogP contribution in [0.4, 0.5) is 13.2 Å². The second-order valence-electron chi connectivity index (χ2n) is 9.01. The van der Waals surface area contributed by atoms with Crippen LogP contribution >= 0.6 is 0 Å². The van der Waals surface area contributed by atoms with Gasteiger partial charge in [-0.1, -0.05) is 6.07 Å². The number of aromatic amines is 1. The summed E-state index contributed by atoms with van der Waals surface area (Å²) in [5, 5.41) is 22.1. The maximum atomic E-state index is 13.7. The van der Waals surface area contributed by atoms with Crippen LogP contribution < -0.4 is 16.2 Å². The molecule has 1 aromatic heterocycles. The lowest BCUT2D eigenvalue weighted by Gasteiger charge is -2.35. The molecule has 0 bridgehead atoms. The number of benzene rings is 1. The van der Waals surface area contributed by atoms with Gasteiger partial charge in [0.2, 0.25) is 15.8 Å². The lowest BCUT2D eigenvalue weighted by atomic mass is 9.79. The second-order valence-corrected chi connectivity index (χ2v) is 10.5. The smallest absolute Gasteiger partial charge is 0.328 e. The zero-order valence-corrected chi connectivity index (χ0v) is 18.8. The largest absolute Gasteiger partial charge is 0.417 e. The van der Waals surface area contributed by atoms with Gasteiger partial charge in [0.25, 0.3) is 0 Å². The molecule has 1 heterocycles. The van der Waals surface area contributed by atoms with Gasteiger partial charge in [-0.3, -0.25) is 0 Å². The molecule has 0 radical (unpaired) electrons. The van der Waals surface area contributed by atoms with E-state index in [0.717, 1.165) is 44.6 Å². The lowest BCUT2D eigenvalue weighted by Crippen LogP contribution is -2.43. The molecule has 0 spiro atoms. The first-order chi connectivity index (χ1) is 15.5. The molecule has 2 aliphatic rings. The molecule has 6 N–H and O–H groups in total. The number of halogens is 3. The third-order valence-electron chi connectivity index (χ3n) is 6.76. The van der Waals surface area contributed by atoms with Gasteiger partial charge in [-0.25, -0.2) is 13.6 Å². The van der Waals surface area contributed by atoms with Gasteiger partial charge in [-0.05, 0) is 74.1 Å². The molecular weight excluding hydrogens is 459 g/mol. The predicted molar refractivity (Wildman–Crippen MR) is 114 cm³/mol. The van der Waals surface area contributed by atoms with Crippen LogP contribution in [0.25, 0.3) is 11.4 Å². The molecule has 33 heavy (non-hydrogen) atoms. The number of rotatable bonds is 5. The van der Waals surface area contributed by atoms with E-state index in [2.05, 4.69) is 25.9 Å². The number of H-pyrrole nitrogens is 1. The van der Waals surface area contributed by atoms with Crippen LogP contribution in [0.15, 0.2) is 17.0 Å². The van der Waals surface area contributed by atoms with Crippen molar-refractivity contribution in [2.75, 3.05) is 0 Å². The van der Waals surface area contributed by atoms with Crippen LogP contribution in [0.1, 0.15) is 68.4 Å². The fourth-order valence-electron chi connectivity index (χ4n) is 5.15. The van der Waals surface area contributed by atoms with Crippen molar-refractivity contribution in [1.29, 1.82) is 0 Å². The molecule has 0 aliphatic heterocycles. The SMILES string of the molecule is NC1CCC(NC2CCC(c3ccc(C(F)(F)F)c(S(N)(=O)=O)c3-c3nn[nH]n3)CC2)CC1. The van der Waals surface area contributed by atoms with Crippen molar-refractivity contribution >= 4 is 10.0 Å². The Kier molecular flexibility index (Phi) is 6.76. The molecule has 0 saturated heterocycles. The normalized spacial score (nSPS) is 26.9. The highest BCUT2D eigenvalue weighted by Gasteiger charge is 2.40. The van der Waals surface area contributed by atoms with Crippen LogP contribution in [0, 0.1) is 0 Å². The molecule has 1 aromatic carbocycles. The van der Waals surface area contributed by atoms with E-state index in [9.17, 15) is 21.6 Å². The number of hydrogen-bond donors (Lipinski definition) is 4. The van der Waals surface area contributed by atoms with Crippen LogP contribution in [-0.4, -0.2) is 47.2 Å². The van der Waals surface area contributed by atoms with Gasteiger partial charge in [0.05, 0.1) is 5.56 Å². The predicted octanol–water partition coefficient (Wildman–Crippen LogP) is 2.42. The zero-order valence-electron chi connectivity index (χ0n) is 18.0. The van der Waals surface area contributed by atoms with Gasteiger partial charge in [0.15, 0.2) is 0 Å². The Morgan fingerprint density at radius 1 is 1.00 bits per heavy atom. The Morgan fingerprint density at radius 2 is 1.61 bits per heavy atom. The van der Waals surface area contributed by atoms with Crippen LogP contribution in [-0.2, 0) is 16.2 Å². The Bertz CT molecular complexity index is 1060.